The van der Waals surface area contributed by atoms with Crippen LogP contribution >= 0.6 is 0 Å². The summed E-state index contributed by atoms with van der Waals surface area (Å²) in [5.74, 6) is 0.380. The van der Waals surface area contributed by atoms with E-state index in [2.05, 4.69) is 15.7 Å². The zero-order chi connectivity index (χ0) is 17.8. The van der Waals surface area contributed by atoms with Crippen molar-refractivity contribution >= 4 is 17.8 Å². The van der Waals surface area contributed by atoms with Crippen molar-refractivity contribution in [2.75, 3.05) is 25.5 Å². The van der Waals surface area contributed by atoms with E-state index in [0.29, 0.717) is 18.9 Å². The largest absolute Gasteiger partial charge is 0.359 e. The molecule has 2 heterocycles. The van der Waals surface area contributed by atoms with Gasteiger partial charge in [-0.05, 0) is 31.9 Å². The average molecular weight is 341 g/mol. The smallest absolute Gasteiger partial charge is 0.323 e. The summed E-state index contributed by atoms with van der Waals surface area (Å²) < 4.78 is 1.74. The number of amides is 3. The fourth-order valence-electron chi connectivity index (χ4n) is 3.06. The quantitative estimate of drug-likeness (QED) is 0.898. The first kappa shape index (κ1) is 17.0. The normalized spacial score (nSPS) is 17.2. The zero-order valence-corrected chi connectivity index (χ0v) is 14.5. The first-order valence-electron chi connectivity index (χ1n) is 8.47. The molecule has 3 rings (SSSR count). The Morgan fingerprint density at radius 3 is 2.72 bits per heavy atom. The van der Waals surface area contributed by atoms with Crippen molar-refractivity contribution in [3.8, 4) is 5.69 Å². The minimum Gasteiger partial charge on any atom is -0.359 e. The number of piperidine rings is 1. The van der Waals surface area contributed by atoms with Crippen LogP contribution in [-0.2, 0) is 4.79 Å². The van der Waals surface area contributed by atoms with Crippen LogP contribution in [0.5, 0.6) is 0 Å². The third-order valence-electron chi connectivity index (χ3n) is 4.47. The second-order valence-corrected chi connectivity index (χ2v) is 6.27. The van der Waals surface area contributed by atoms with Gasteiger partial charge in [-0.25, -0.2) is 9.48 Å². The van der Waals surface area contributed by atoms with E-state index in [1.165, 1.54) is 0 Å². The lowest BCUT2D eigenvalue weighted by molar-refractivity contribution is -0.125. The number of aryl methyl sites for hydroxylation is 1. The second-order valence-electron chi connectivity index (χ2n) is 6.27. The Hall–Kier alpha value is -2.83. The Morgan fingerprint density at radius 2 is 2.00 bits per heavy atom. The number of anilines is 1. The van der Waals surface area contributed by atoms with Crippen molar-refractivity contribution in [1.29, 1.82) is 0 Å². The fourth-order valence-corrected chi connectivity index (χ4v) is 3.06. The van der Waals surface area contributed by atoms with Crippen molar-refractivity contribution in [1.82, 2.24) is 20.0 Å². The molecule has 0 radical (unpaired) electrons. The van der Waals surface area contributed by atoms with Crippen molar-refractivity contribution in [2.24, 2.45) is 5.92 Å². The van der Waals surface area contributed by atoms with Gasteiger partial charge in [-0.1, -0.05) is 18.2 Å². The van der Waals surface area contributed by atoms with Gasteiger partial charge in [0.1, 0.15) is 0 Å². The van der Waals surface area contributed by atoms with Crippen LogP contribution in [0.3, 0.4) is 0 Å². The molecule has 1 aromatic carbocycles. The summed E-state index contributed by atoms with van der Waals surface area (Å²) in [5.41, 5.74) is 1.82. The van der Waals surface area contributed by atoms with E-state index >= 15 is 0 Å². The number of carbonyl (C=O) groups is 2. The highest BCUT2D eigenvalue weighted by atomic mass is 16.2. The molecule has 25 heavy (non-hydrogen) atoms. The van der Waals surface area contributed by atoms with Gasteiger partial charge < -0.3 is 10.2 Å². The number of hydrogen-bond acceptors (Lipinski definition) is 3. The summed E-state index contributed by atoms with van der Waals surface area (Å²) in [6.07, 6.45) is 3.52. The molecule has 0 aliphatic carbocycles. The van der Waals surface area contributed by atoms with Crippen LogP contribution < -0.4 is 10.6 Å². The standard InChI is InChI=1S/C18H23N5O2/c1-13-11-23(15-8-4-3-5-9-15)21-16(13)20-18(25)22-10-6-7-14(12-22)17(24)19-2/h3-5,8-9,11,14H,6-7,10,12H2,1-2H3,(H,19,24)(H,20,21,25)/t14-/m0/s1. The number of para-hydroxylation sites is 1. The molecule has 1 atom stereocenters. The lowest BCUT2D eigenvalue weighted by Gasteiger charge is -2.31. The molecule has 132 valence electrons. The summed E-state index contributed by atoms with van der Waals surface area (Å²) in [4.78, 5) is 26.1. The van der Waals surface area contributed by atoms with Gasteiger partial charge in [0.05, 0.1) is 11.6 Å². The molecule has 7 nitrogen and oxygen atoms in total. The predicted molar refractivity (Wildman–Crippen MR) is 95.7 cm³/mol. The van der Waals surface area contributed by atoms with Crippen LogP contribution in [0.15, 0.2) is 36.5 Å². The van der Waals surface area contributed by atoms with Crippen molar-refractivity contribution in [3.05, 3.63) is 42.1 Å². The zero-order valence-electron chi connectivity index (χ0n) is 14.5. The molecule has 0 unspecified atom stereocenters. The highest BCUT2D eigenvalue weighted by molar-refractivity contribution is 5.89. The van der Waals surface area contributed by atoms with Gasteiger partial charge in [-0.15, -0.1) is 5.10 Å². The number of nitrogens with zero attached hydrogens (tertiary/aromatic N) is 3. The van der Waals surface area contributed by atoms with Crippen LogP contribution in [0.4, 0.5) is 10.6 Å². The van der Waals surface area contributed by atoms with Gasteiger partial charge in [0, 0.05) is 31.9 Å². The number of aromatic nitrogens is 2. The van der Waals surface area contributed by atoms with Crippen LogP contribution in [0.1, 0.15) is 18.4 Å². The monoisotopic (exact) mass is 341 g/mol. The minimum absolute atomic E-state index is 0.0120. The summed E-state index contributed by atoms with van der Waals surface area (Å²) in [6.45, 7) is 2.99. The van der Waals surface area contributed by atoms with Crippen LogP contribution in [0, 0.1) is 12.8 Å². The summed E-state index contributed by atoms with van der Waals surface area (Å²) >= 11 is 0. The second kappa shape index (κ2) is 7.38. The van der Waals surface area contributed by atoms with Crippen LogP contribution in [0.2, 0.25) is 0 Å². The Balaban J connectivity index is 1.69. The Morgan fingerprint density at radius 1 is 1.24 bits per heavy atom. The van der Waals surface area contributed by atoms with E-state index in [1.807, 2.05) is 43.5 Å². The lowest BCUT2D eigenvalue weighted by Crippen LogP contribution is -2.46. The number of urea groups is 1. The van der Waals surface area contributed by atoms with E-state index in [9.17, 15) is 9.59 Å². The van der Waals surface area contributed by atoms with Crippen molar-refractivity contribution in [3.63, 3.8) is 0 Å². The number of nitrogens with one attached hydrogen (secondary N) is 2. The first-order valence-corrected chi connectivity index (χ1v) is 8.47. The third-order valence-corrected chi connectivity index (χ3v) is 4.47. The van der Waals surface area contributed by atoms with Gasteiger partial charge in [0.2, 0.25) is 5.91 Å². The van der Waals surface area contributed by atoms with E-state index in [1.54, 1.807) is 16.6 Å². The molecule has 1 aromatic heterocycles. The molecular formula is C18H23N5O2. The first-order chi connectivity index (χ1) is 12.1. The third kappa shape index (κ3) is 3.81. The molecule has 7 heteroatoms. The molecule has 1 aliphatic heterocycles. The molecule has 2 aromatic rings. The summed E-state index contributed by atoms with van der Waals surface area (Å²) in [7, 11) is 1.63. The molecule has 3 amide bonds. The molecule has 0 spiro atoms. The van der Waals surface area contributed by atoms with E-state index in [4.69, 9.17) is 0 Å². The fraction of sp³-hybridized carbons (Fsp3) is 0.389. The van der Waals surface area contributed by atoms with Gasteiger partial charge in [-0.3, -0.25) is 10.1 Å². The number of carbonyl (C=O) groups excluding carboxylic acids is 2. The molecule has 0 bridgehead atoms. The molecule has 1 aliphatic rings. The SMILES string of the molecule is CNC(=O)[C@H]1CCCN(C(=O)Nc2nn(-c3ccccc3)cc2C)C1. The lowest BCUT2D eigenvalue weighted by atomic mass is 9.97. The number of rotatable bonds is 3. The number of hydrogen-bond donors (Lipinski definition) is 2. The van der Waals surface area contributed by atoms with Gasteiger partial charge >= 0.3 is 6.03 Å². The summed E-state index contributed by atoms with van der Waals surface area (Å²) in [6, 6.07) is 9.53. The van der Waals surface area contributed by atoms with Gasteiger partial charge in [0.25, 0.3) is 0 Å². The van der Waals surface area contributed by atoms with Crippen molar-refractivity contribution in [2.45, 2.75) is 19.8 Å². The van der Waals surface area contributed by atoms with Crippen LogP contribution in [0.25, 0.3) is 5.69 Å². The highest BCUT2D eigenvalue weighted by Crippen LogP contribution is 2.20. The van der Waals surface area contributed by atoms with E-state index in [0.717, 1.165) is 24.1 Å². The topological polar surface area (TPSA) is 79.3 Å². The van der Waals surface area contributed by atoms with Gasteiger partial charge in [-0.2, -0.15) is 0 Å². The molecule has 1 saturated heterocycles. The minimum atomic E-state index is -0.213. The Kier molecular flexibility index (Phi) is 5.02. The average Bonchev–Trinajstić information content (AvgIpc) is 3.02. The highest BCUT2D eigenvalue weighted by Gasteiger charge is 2.28. The maximum atomic E-state index is 12.6. The number of benzene rings is 1. The van der Waals surface area contributed by atoms with E-state index < -0.39 is 0 Å². The Labute approximate surface area is 147 Å². The number of likely N-dealkylation sites (tertiary alicyclic amines) is 1. The summed E-state index contributed by atoms with van der Waals surface area (Å²) in [5, 5.41) is 10.00. The van der Waals surface area contributed by atoms with E-state index in [-0.39, 0.29) is 17.9 Å². The maximum absolute atomic E-state index is 12.6. The molecule has 2 N–H and O–H groups in total. The van der Waals surface area contributed by atoms with Gasteiger partial charge in [0.15, 0.2) is 5.82 Å². The predicted octanol–water partition coefficient (Wildman–Crippen LogP) is 2.17. The van der Waals surface area contributed by atoms with Crippen molar-refractivity contribution < 1.29 is 9.59 Å². The molecular weight excluding hydrogens is 318 g/mol. The maximum Gasteiger partial charge on any atom is 0.323 e. The molecule has 1 fully saturated rings. The Bertz CT molecular complexity index is 756. The van der Waals surface area contributed by atoms with Crippen LogP contribution in [-0.4, -0.2) is 46.8 Å². The molecule has 0 saturated carbocycles.